The SMILES string of the molecule is NCC1(NS(=O)(=O)c2ccc(Br)cc2Br)CCCC1. The number of nitrogens with one attached hydrogen (secondary N) is 1. The smallest absolute Gasteiger partial charge is 0.242 e. The zero-order valence-electron chi connectivity index (χ0n) is 10.3. The number of halogens is 2. The predicted octanol–water partition coefficient (Wildman–Crippen LogP) is 2.76. The summed E-state index contributed by atoms with van der Waals surface area (Å²) in [6.07, 6.45) is 3.64. The Kier molecular flexibility index (Phi) is 4.72. The first-order valence-corrected chi connectivity index (χ1v) is 9.15. The van der Waals surface area contributed by atoms with Crippen LogP contribution in [0.3, 0.4) is 0 Å². The summed E-state index contributed by atoms with van der Waals surface area (Å²) in [5.74, 6) is 0. The molecule has 0 amide bonds. The molecule has 0 aliphatic heterocycles. The van der Waals surface area contributed by atoms with Crippen molar-refractivity contribution in [3.8, 4) is 0 Å². The molecule has 0 unspecified atom stereocenters. The third-order valence-electron chi connectivity index (χ3n) is 3.49. The molecule has 0 bridgehead atoms. The molecule has 0 aromatic heterocycles. The summed E-state index contributed by atoms with van der Waals surface area (Å²) in [7, 11) is -3.56. The van der Waals surface area contributed by atoms with Crippen LogP contribution in [-0.2, 0) is 10.0 Å². The fourth-order valence-corrected chi connectivity index (χ4v) is 5.65. The fourth-order valence-electron chi connectivity index (χ4n) is 2.43. The summed E-state index contributed by atoms with van der Waals surface area (Å²) in [4.78, 5) is 0.246. The van der Waals surface area contributed by atoms with E-state index in [0.29, 0.717) is 11.0 Å². The lowest BCUT2D eigenvalue weighted by atomic mass is 10.0. The molecular formula is C12H16Br2N2O2S. The van der Waals surface area contributed by atoms with Crippen LogP contribution in [0.4, 0.5) is 0 Å². The molecule has 4 nitrogen and oxygen atoms in total. The molecule has 0 radical (unpaired) electrons. The van der Waals surface area contributed by atoms with Crippen molar-refractivity contribution in [2.24, 2.45) is 5.73 Å². The highest BCUT2D eigenvalue weighted by Gasteiger charge is 2.37. The minimum Gasteiger partial charge on any atom is -0.329 e. The highest BCUT2D eigenvalue weighted by atomic mass is 79.9. The Labute approximate surface area is 130 Å². The zero-order chi connectivity index (χ0) is 14.1. The number of rotatable bonds is 4. The molecule has 1 saturated carbocycles. The van der Waals surface area contributed by atoms with Crippen molar-refractivity contribution in [1.29, 1.82) is 0 Å². The second kappa shape index (κ2) is 5.81. The quantitative estimate of drug-likeness (QED) is 0.799. The first-order valence-electron chi connectivity index (χ1n) is 6.08. The molecular weight excluding hydrogens is 396 g/mol. The van der Waals surface area contributed by atoms with Crippen molar-refractivity contribution in [1.82, 2.24) is 4.72 Å². The van der Waals surface area contributed by atoms with Gasteiger partial charge in [0.2, 0.25) is 10.0 Å². The van der Waals surface area contributed by atoms with Crippen LogP contribution in [0.2, 0.25) is 0 Å². The Morgan fingerprint density at radius 2 is 1.89 bits per heavy atom. The van der Waals surface area contributed by atoms with Gasteiger partial charge in [-0.25, -0.2) is 13.1 Å². The minimum absolute atomic E-state index is 0.246. The van der Waals surface area contributed by atoms with Gasteiger partial charge in [0.15, 0.2) is 0 Å². The van der Waals surface area contributed by atoms with Gasteiger partial charge in [-0.15, -0.1) is 0 Å². The van der Waals surface area contributed by atoms with Gasteiger partial charge in [-0.2, -0.15) is 0 Å². The van der Waals surface area contributed by atoms with Gasteiger partial charge in [-0.3, -0.25) is 0 Å². The Morgan fingerprint density at radius 1 is 1.26 bits per heavy atom. The third kappa shape index (κ3) is 3.39. The highest BCUT2D eigenvalue weighted by Crippen LogP contribution is 2.32. The Balaban J connectivity index is 2.32. The maximum Gasteiger partial charge on any atom is 0.242 e. The molecule has 1 aromatic carbocycles. The molecule has 19 heavy (non-hydrogen) atoms. The van der Waals surface area contributed by atoms with Crippen molar-refractivity contribution in [2.45, 2.75) is 36.1 Å². The van der Waals surface area contributed by atoms with E-state index in [0.717, 1.165) is 30.2 Å². The van der Waals surface area contributed by atoms with Crippen LogP contribution in [0.15, 0.2) is 32.0 Å². The Hall–Kier alpha value is 0.0500. The monoisotopic (exact) mass is 410 g/mol. The van der Waals surface area contributed by atoms with Crippen LogP contribution in [0.5, 0.6) is 0 Å². The van der Waals surface area contributed by atoms with Crippen molar-refractivity contribution in [2.75, 3.05) is 6.54 Å². The summed E-state index contributed by atoms with van der Waals surface area (Å²) >= 11 is 6.60. The first kappa shape index (κ1) is 15.4. The largest absolute Gasteiger partial charge is 0.329 e. The van der Waals surface area contributed by atoms with E-state index in [1.54, 1.807) is 18.2 Å². The molecule has 1 aromatic rings. The van der Waals surface area contributed by atoms with E-state index in [-0.39, 0.29) is 4.90 Å². The van der Waals surface area contributed by atoms with Crippen LogP contribution < -0.4 is 10.5 Å². The van der Waals surface area contributed by atoms with E-state index in [4.69, 9.17) is 5.73 Å². The topological polar surface area (TPSA) is 72.2 Å². The van der Waals surface area contributed by atoms with E-state index in [9.17, 15) is 8.42 Å². The van der Waals surface area contributed by atoms with Gasteiger partial charge in [0.25, 0.3) is 0 Å². The average molecular weight is 412 g/mol. The average Bonchev–Trinajstić information content (AvgIpc) is 2.77. The van der Waals surface area contributed by atoms with Gasteiger partial charge in [0.05, 0.1) is 4.90 Å². The summed E-state index contributed by atoms with van der Waals surface area (Å²) in [6, 6.07) is 5.01. The third-order valence-corrected chi connectivity index (χ3v) is 6.53. The molecule has 3 N–H and O–H groups in total. The van der Waals surface area contributed by atoms with E-state index in [1.165, 1.54) is 0 Å². The van der Waals surface area contributed by atoms with Crippen molar-refractivity contribution < 1.29 is 8.42 Å². The standard InChI is InChI=1S/C12H16Br2N2O2S/c13-9-3-4-11(10(14)7-9)19(17,18)16-12(8-15)5-1-2-6-12/h3-4,7,16H,1-2,5-6,8,15H2. The molecule has 0 saturated heterocycles. The van der Waals surface area contributed by atoms with Gasteiger partial charge in [-0.05, 0) is 47.0 Å². The molecule has 2 rings (SSSR count). The van der Waals surface area contributed by atoms with E-state index in [2.05, 4.69) is 36.6 Å². The second-order valence-corrected chi connectivity index (χ2v) is 8.29. The lowest BCUT2D eigenvalue weighted by Crippen LogP contribution is -2.51. The van der Waals surface area contributed by atoms with Gasteiger partial charge < -0.3 is 5.73 Å². The van der Waals surface area contributed by atoms with E-state index >= 15 is 0 Å². The van der Waals surface area contributed by atoms with E-state index in [1.807, 2.05) is 0 Å². The lowest BCUT2D eigenvalue weighted by Gasteiger charge is -2.28. The molecule has 106 valence electrons. The van der Waals surface area contributed by atoms with Gasteiger partial charge in [0, 0.05) is 21.0 Å². The Morgan fingerprint density at radius 3 is 2.42 bits per heavy atom. The first-order chi connectivity index (χ1) is 8.88. The van der Waals surface area contributed by atoms with Crippen LogP contribution in [0.1, 0.15) is 25.7 Å². The molecule has 1 fully saturated rings. The summed E-state index contributed by atoms with van der Waals surface area (Å²) in [6.45, 7) is 0.334. The minimum atomic E-state index is -3.56. The highest BCUT2D eigenvalue weighted by molar-refractivity contribution is 9.11. The van der Waals surface area contributed by atoms with Crippen molar-refractivity contribution in [3.63, 3.8) is 0 Å². The van der Waals surface area contributed by atoms with Crippen LogP contribution >= 0.6 is 31.9 Å². The predicted molar refractivity (Wildman–Crippen MR) is 82.4 cm³/mol. The van der Waals surface area contributed by atoms with Gasteiger partial charge in [0.1, 0.15) is 0 Å². The number of hydrogen-bond donors (Lipinski definition) is 2. The van der Waals surface area contributed by atoms with Crippen LogP contribution in [-0.4, -0.2) is 20.5 Å². The molecule has 0 atom stereocenters. The number of sulfonamides is 1. The van der Waals surface area contributed by atoms with Crippen LogP contribution in [0, 0.1) is 0 Å². The van der Waals surface area contributed by atoms with Gasteiger partial charge >= 0.3 is 0 Å². The lowest BCUT2D eigenvalue weighted by molar-refractivity contribution is 0.399. The molecule has 0 spiro atoms. The molecule has 7 heteroatoms. The summed E-state index contributed by atoms with van der Waals surface area (Å²) in [5.41, 5.74) is 5.29. The van der Waals surface area contributed by atoms with E-state index < -0.39 is 15.6 Å². The summed E-state index contributed by atoms with van der Waals surface area (Å²) in [5, 5.41) is 0. The normalized spacial score (nSPS) is 18.7. The number of hydrogen-bond acceptors (Lipinski definition) is 3. The van der Waals surface area contributed by atoms with Crippen molar-refractivity contribution >= 4 is 41.9 Å². The molecule has 1 aliphatic carbocycles. The number of benzene rings is 1. The zero-order valence-corrected chi connectivity index (χ0v) is 14.3. The molecule has 1 aliphatic rings. The maximum atomic E-state index is 12.5. The maximum absolute atomic E-state index is 12.5. The van der Waals surface area contributed by atoms with Crippen molar-refractivity contribution in [3.05, 3.63) is 27.1 Å². The molecule has 0 heterocycles. The summed E-state index contributed by atoms with van der Waals surface area (Å²) < 4.78 is 29.1. The second-order valence-electron chi connectivity index (χ2n) is 4.87. The number of nitrogens with two attached hydrogens (primary N) is 1. The van der Waals surface area contributed by atoms with Crippen LogP contribution in [0.25, 0.3) is 0 Å². The Bertz CT molecular complexity index is 569. The fraction of sp³-hybridized carbons (Fsp3) is 0.500. The van der Waals surface area contributed by atoms with Gasteiger partial charge in [-0.1, -0.05) is 28.8 Å².